The van der Waals surface area contributed by atoms with Crippen LogP contribution in [0.1, 0.15) is 28.5 Å². The average Bonchev–Trinajstić information content (AvgIpc) is 3.01. The summed E-state index contributed by atoms with van der Waals surface area (Å²) in [4.78, 5) is 12.6. The van der Waals surface area contributed by atoms with Gasteiger partial charge >= 0.3 is 0 Å². The Morgan fingerprint density at radius 3 is 2.76 bits per heavy atom. The van der Waals surface area contributed by atoms with E-state index in [1.165, 1.54) is 12.3 Å². The van der Waals surface area contributed by atoms with Crippen molar-refractivity contribution in [2.45, 2.75) is 20.3 Å². The Morgan fingerprint density at radius 1 is 1.28 bits per heavy atom. The molecular formula is C19H17ClFN3O. The van der Waals surface area contributed by atoms with E-state index in [0.717, 1.165) is 16.9 Å². The van der Waals surface area contributed by atoms with Crippen LogP contribution in [0.25, 0.3) is 5.69 Å². The monoisotopic (exact) mass is 357 g/mol. The minimum absolute atomic E-state index is 0.146. The van der Waals surface area contributed by atoms with Crippen molar-refractivity contribution in [2.24, 2.45) is 0 Å². The fraction of sp³-hybridized carbons (Fsp3) is 0.158. The van der Waals surface area contributed by atoms with Crippen LogP contribution < -0.4 is 5.32 Å². The lowest BCUT2D eigenvalue weighted by molar-refractivity contribution is 0.102. The summed E-state index contributed by atoms with van der Waals surface area (Å²) in [5.74, 6) is -0.860. The summed E-state index contributed by atoms with van der Waals surface area (Å²) in [6, 6.07) is 11.9. The zero-order chi connectivity index (χ0) is 18.0. The van der Waals surface area contributed by atoms with Crippen LogP contribution in [0.2, 0.25) is 5.02 Å². The smallest absolute Gasteiger partial charge is 0.259 e. The molecule has 0 saturated carbocycles. The molecule has 1 amide bonds. The summed E-state index contributed by atoms with van der Waals surface area (Å²) < 4.78 is 15.6. The van der Waals surface area contributed by atoms with Gasteiger partial charge in [-0.1, -0.05) is 30.7 Å². The number of rotatable bonds is 4. The van der Waals surface area contributed by atoms with Gasteiger partial charge in [0.15, 0.2) is 0 Å². The lowest BCUT2D eigenvalue weighted by Crippen LogP contribution is -2.15. The van der Waals surface area contributed by atoms with Crippen molar-refractivity contribution in [1.82, 2.24) is 9.78 Å². The van der Waals surface area contributed by atoms with Crippen molar-refractivity contribution in [3.8, 4) is 5.69 Å². The summed E-state index contributed by atoms with van der Waals surface area (Å²) in [5, 5.41) is 7.50. The molecule has 0 aliphatic heterocycles. The molecule has 3 rings (SSSR count). The van der Waals surface area contributed by atoms with E-state index in [9.17, 15) is 9.18 Å². The second kappa shape index (κ2) is 7.07. The molecule has 6 heteroatoms. The van der Waals surface area contributed by atoms with E-state index in [1.54, 1.807) is 35.9 Å². The zero-order valence-electron chi connectivity index (χ0n) is 13.9. The Balaban J connectivity index is 1.93. The Labute approximate surface area is 150 Å². The molecule has 3 aromatic rings. The molecule has 0 atom stereocenters. The summed E-state index contributed by atoms with van der Waals surface area (Å²) in [6.45, 7) is 3.72. The van der Waals surface area contributed by atoms with Crippen LogP contribution in [0.5, 0.6) is 0 Å². The van der Waals surface area contributed by atoms with E-state index in [-0.39, 0.29) is 5.69 Å². The van der Waals surface area contributed by atoms with E-state index in [4.69, 9.17) is 11.6 Å². The predicted octanol–water partition coefficient (Wildman–Crippen LogP) is 4.79. The SMILES string of the molecule is CCc1c(C(=O)Nc2ccc(C)cc2F)cnn1-c1cccc(Cl)c1. The van der Waals surface area contributed by atoms with Gasteiger partial charge in [0.1, 0.15) is 5.82 Å². The summed E-state index contributed by atoms with van der Waals surface area (Å²) in [5.41, 5.74) is 2.84. The van der Waals surface area contributed by atoms with Crippen molar-refractivity contribution < 1.29 is 9.18 Å². The molecule has 0 radical (unpaired) electrons. The maximum atomic E-state index is 14.0. The third-order valence-corrected chi connectivity index (χ3v) is 4.11. The van der Waals surface area contributed by atoms with E-state index in [0.29, 0.717) is 17.0 Å². The molecule has 128 valence electrons. The fourth-order valence-electron chi connectivity index (χ4n) is 2.65. The van der Waals surface area contributed by atoms with Crippen LogP contribution in [0.15, 0.2) is 48.7 Å². The number of hydrogen-bond acceptors (Lipinski definition) is 2. The van der Waals surface area contributed by atoms with Gasteiger partial charge in [-0.2, -0.15) is 5.10 Å². The van der Waals surface area contributed by atoms with Crippen LogP contribution >= 0.6 is 11.6 Å². The number of aryl methyl sites for hydroxylation is 1. The van der Waals surface area contributed by atoms with Gasteiger partial charge < -0.3 is 5.32 Å². The zero-order valence-corrected chi connectivity index (χ0v) is 14.6. The third-order valence-electron chi connectivity index (χ3n) is 3.87. The quantitative estimate of drug-likeness (QED) is 0.729. The van der Waals surface area contributed by atoms with Crippen LogP contribution in [0, 0.1) is 12.7 Å². The van der Waals surface area contributed by atoms with Gasteiger partial charge in [0.05, 0.1) is 28.8 Å². The minimum Gasteiger partial charge on any atom is -0.319 e. The van der Waals surface area contributed by atoms with Gasteiger partial charge in [-0.3, -0.25) is 4.79 Å². The Morgan fingerprint density at radius 2 is 2.08 bits per heavy atom. The number of aromatic nitrogens is 2. The van der Waals surface area contributed by atoms with Gasteiger partial charge in [0.25, 0.3) is 5.91 Å². The van der Waals surface area contributed by atoms with E-state index in [1.807, 2.05) is 19.1 Å². The summed E-state index contributed by atoms with van der Waals surface area (Å²) in [6.07, 6.45) is 2.08. The highest BCUT2D eigenvalue weighted by Gasteiger charge is 2.18. The molecule has 0 unspecified atom stereocenters. The van der Waals surface area contributed by atoms with Crippen LogP contribution in [-0.4, -0.2) is 15.7 Å². The highest BCUT2D eigenvalue weighted by Crippen LogP contribution is 2.21. The second-order valence-electron chi connectivity index (χ2n) is 5.69. The van der Waals surface area contributed by atoms with E-state index >= 15 is 0 Å². The van der Waals surface area contributed by atoms with Crippen LogP contribution in [0.4, 0.5) is 10.1 Å². The first-order valence-electron chi connectivity index (χ1n) is 7.90. The maximum absolute atomic E-state index is 14.0. The molecule has 25 heavy (non-hydrogen) atoms. The molecule has 0 fully saturated rings. The number of carbonyl (C=O) groups excluding carboxylic acids is 1. The first-order valence-corrected chi connectivity index (χ1v) is 8.27. The number of carbonyl (C=O) groups is 1. The molecule has 0 spiro atoms. The van der Waals surface area contributed by atoms with Crippen molar-refractivity contribution in [1.29, 1.82) is 0 Å². The number of nitrogens with one attached hydrogen (secondary N) is 1. The maximum Gasteiger partial charge on any atom is 0.259 e. The third kappa shape index (κ3) is 3.56. The first kappa shape index (κ1) is 17.2. The molecule has 0 bridgehead atoms. The van der Waals surface area contributed by atoms with Crippen molar-refractivity contribution >= 4 is 23.2 Å². The van der Waals surface area contributed by atoms with Crippen molar-refractivity contribution in [3.05, 3.63) is 76.3 Å². The molecule has 2 aromatic carbocycles. The molecule has 4 nitrogen and oxygen atoms in total. The number of anilines is 1. The van der Waals surface area contributed by atoms with E-state index < -0.39 is 11.7 Å². The van der Waals surface area contributed by atoms with Crippen LogP contribution in [0.3, 0.4) is 0 Å². The van der Waals surface area contributed by atoms with Gasteiger partial charge in [-0.25, -0.2) is 9.07 Å². The van der Waals surface area contributed by atoms with Crippen molar-refractivity contribution in [2.75, 3.05) is 5.32 Å². The second-order valence-corrected chi connectivity index (χ2v) is 6.12. The van der Waals surface area contributed by atoms with Gasteiger partial charge in [-0.15, -0.1) is 0 Å². The Kier molecular flexibility index (Phi) is 4.86. The van der Waals surface area contributed by atoms with Gasteiger partial charge in [-0.05, 0) is 49.2 Å². The summed E-state index contributed by atoms with van der Waals surface area (Å²) in [7, 11) is 0. The lowest BCUT2D eigenvalue weighted by atomic mass is 10.1. The number of nitrogens with zero attached hydrogens (tertiary/aromatic N) is 2. The average molecular weight is 358 g/mol. The highest BCUT2D eigenvalue weighted by molar-refractivity contribution is 6.30. The number of amides is 1. The molecule has 1 N–H and O–H groups in total. The van der Waals surface area contributed by atoms with E-state index in [2.05, 4.69) is 10.4 Å². The number of halogens is 2. The molecule has 0 aliphatic rings. The topological polar surface area (TPSA) is 46.9 Å². The largest absolute Gasteiger partial charge is 0.319 e. The Bertz CT molecular complexity index is 936. The van der Waals surface area contributed by atoms with Crippen molar-refractivity contribution in [3.63, 3.8) is 0 Å². The first-order chi connectivity index (χ1) is 12.0. The molecule has 1 heterocycles. The fourth-order valence-corrected chi connectivity index (χ4v) is 2.83. The normalized spacial score (nSPS) is 10.7. The molecule has 0 aliphatic carbocycles. The number of hydrogen-bond donors (Lipinski definition) is 1. The van der Waals surface area contributed by atoms with Crippen LogP contribution in [-0.2, 0) is 6.42 Å². The summed E-state index contributed by atoms with van der Waals surface area (Å²) >= 11 is 6.04. The number of benzene rings is 2. The highest BCUT2D eigenvalue weighted by atomic mass is 35.5. The van der Waals surface area contributed by atoms with Gasteiger partial charge in [0, 0.05) is 5.02 Å². The Hall–Kier alpha value is -2.66. The standard InChI is InChI=1S/C19H17ClFN3O/c1-3-18-15(11-22-24(18)14-6-4-5-13(20)10-14)19(25)23-17-8-7-12(2)9-16(17)21/h4-11H,3H2,1-2H3,(H,23,25). The predicted molar refractivity (Wildman–Crippen MR) is 97.0 cm³/mol. The molecule has 0 saturated heterocycles. The molecule has 1 aromatic heterocycles. The minimum atomic E-state index is -0.464. The van der Waals surface area contributed by atoms with Gasteiger partial charge in [0.2, 0.25) is 0 Å². The lowest BCUT2D eigenvalue weighted by Gasteiger charge is -2.09. The molecular weight excluding hydrogens is 341 g/mol.